The molecule has 110 valence electrons. The van der Waals surface area contributed by atoms with Gasteiger partial charge in [0.05, 0.1) is 22.5 Å². The first-order valence-electron chi connectivity index (χ1n) is 7.22. The molecule has 2 nitrogen and oxygen atoms in total. The number of anilines is 2. The van der Waals surface area contributed by atoms with E-state index >= 15 is 0 Å². The van der Waals surface area contributed by atoms with Gasteiger partial charge in [0.25, 0.3) is 0 Å². The number of halogens is 3. The Morgan fingerprint density at radius 2 is 1.65 bits per heavy atom. The summed E-state index contributed by atoms with van der Waals surface area (Å²) in [4.78, 5) is 0. The van der Waals surface area contributed by atoms with Crippen LogP contribution in [0.5, 0.6) is 0 Å². The van der Waals surface area contributed by atoms with Crippen LogP contribution < -0.4 is 10.6 Å². The average molecular weight is 284 g/mol. The molecule has 2 N–H and O–H groups in total. The third kappa shape index (κ3) is 2.58. The SMILES string of the molecule is FC(F)(F)c1ccc2c(c1)NCC1(CCCCCC1)N2. The van der Waals surface area contributed by atoms with E-state index in [4.69, 9.17) is 0 Å². The summed E-state index contributed by atoms with van der Waals surface area (Å²) in [5, 5.41) is 6.70. The van der Waals surface area contributed by atoms with Crippen molar-refractivity contribution >= 4 is 11.4 Å². The molecule has 1 heterocycles. The Hall–Kier alpha value is -1.39. The fraction of sp³-hybridized carbons (Fsp3) is 0.600. The van der Waals surface area contributed by atoms with E-state index < -0.39 is 11.7 Å². The van der Waals surface area contributed by atoms with E-state index in [1.165, 1.54) is 31.7 Å². The minimum Gasteiger partial charge on any atom is -0.381 e. The quantitative estimate of drug-likeness (QED) is 0.725. The first kappa shape index (κ1) is 13.6. The third-order valence-corrected chi connectivity index (χ3v) is 4.42. The Bertz CT molecular complexity index is 488. The molecule has 1 fully saturated rings. The van der Waals surface area contributed by atoms with Crippen LogP contribution in [-0.2, 0) is 6.18 Å². The fourth-order valence-corrected chi connectivity index (χ4v) is 3.28. The molecular weight excluding hydrogens is 265 g/mol. The van der Waals surface area contributed by atoms with Crippen molar-refractivity contribution in [1.29, 1.82) is 0 Å². The van der Waals surface area contributed by atoms with E-state index in [1.54, 1.807) is 6.07 Å². The zero-order valence-corrected chi connectivity index (χ0v) is 11.3. The highest BCUT2D eigenvalue weighted by molar-refractivity contribution is 5.73. The van der Waals surface area contributed by atoms with Gasteiger partial charge in [-0.2, -0.15) is 13.2 Å². The largest absolute Gasteiger partial charge is 0.416 e. The van der Waals surface area contributed by atoms with Crippen LogP contribution in [0.2, 0.25) is 0 Å². The predicted molar refractivity (Wildman–Crippen MR) is 74.0 cm³/mol. The molecule has 5 heteroatoms. The summed E-state index contributed by atoms with van der Waals surface area (Å²) in [6.45, 7) is 0.710. The second-order valence-electron chi connectivity index (χ2n) is 5.93. The van der Waals surface area contributed by atoms with E-state index in [-0.39, 0.29) is 5.54 Å². The van der Waals surface area contributed by atoms with Gasteiger partial charge in [-0.15, -0.1) is 0 Å². The molecule has 0 saturated heterocycles. The van der Waals surface area contributed by atoms with Crippen LogP contribution in [0.3, 0.4) is 0 Å². The van der Waals surface area contributed by atoms with Gasteiger partial charge in [0.1, 0.15) is 0 Å². The smallest absolute Gasteiger partial charge is 0.381 e. The van der Waals surface area contributed by atoms with Gasteiger partial charge in [0, 0.05) is 6.54 Å². The average Bonchev–Trinajstić information content (AvgIpc) is 2.63. The number of alkyl halides is 3. The van der Waals surface area contributed by atoms with Crippen molar-refractivity contribution in [2.75, 3.05) is 17.2 Å². The predicted octanol–water partition coefficient (Wildman–Crippen LogP) is 4.64. The molecule has 0 atom stereocenters. The van der Waals surface area contributed by atoms with Gasteiger partial charge in [-0.25, -0.2) is 0 Å². The van der Waals surface area contributed by atoms with Crippen LogP contribution in [0, 0.1) is 0 Å². The molecule has 1 aromatic carbocycles. The molecule has 0 radical (unpaired) electrons. The van der Waals surface area contributed by atoms with Crippen molar-refractivity contribution in [3.05, 3.63) is 23.8 Å². The Balaban J connectivity index is 1.85. The van der Waals surface area contributed by atoms with Gasteiger partial charge in [-0.3, -0.25) is 0 Å². The molecule has 1 spiro atoms. The molecule has 3 rings (SSSR count). The van der Waals surface area contributed by atoms with Gasteiger partial charge in [0.2, 0.25) is 0 Å². The number of fused-ring (bicyclic) bond motifs is 1. The number of hydrogen-bond acceptors (Lipinski definition) is 2. The lowest BCUT2D eigenvalue weighted by molar-refractivity contribution is -0.137. The number of hydrogen-bond donors (Lipinski definition) is 2. The fourth-order valence-electron chi connectivity index (χ4n) is 3.28. The van der Waals surface area contributed by atoms with E-state index in [2.05, 4.69) is 10.6 Å². The summed E-state index contributed by atoms with van der Waals surface area (Å²) >= 11 is 0. The zero-order chi connectivity index (χ0) is 14.2. The van der Waals surface area contributed by atoms with Gasteiger partial charge >= 0.3 is 6.18 Å². The van der Waals surface area contributed by atoms with E-state index in [1.807, 2.05) is 0 Å². The summed E-state index contributed by atoms with van der Waals surface area (Å²) in [7, 11) is 0. The molecule has 0 unspecified atom stereocenters. The molecule has 1 saturated carbocycles. The minimum atomic E-state index is -4.28. The van der Waals surface area contributed by atoms with Crippen LogP contribution in [-0.4, -0.2) is 12.1 Å². The molecule has 0 aromatic heterocycles. The van der Waals surface area contributed by atoms with Crippen LogP contribution in [0.4, 0.5) is 24.5 Å². The second kappa shape index (κ2) is 4.86. The number of rotatable bonds is 0. The molecule has 20 heavy (non-hydrogen) atoms. The lowest BCUT2D eigenvalue weighted by atomic mass is 9.87. The van der Waals surface area contributed by atoms with Gasteiger partial charge < -0.3 is 10.6 Å². The van der Waals surface area contributed by atoms with Gasteiger partial charge in [-0.05, 0) is 31.0 Å². The normalized spacial score (nSPS) is 21.6. The molecule has 2 aliphatic rings. The molecule has 1 aliphatic heterocycles. The van der Waals surface area contributed by atoms with Crippen LogP contribution in [0.1, 0.15) is 44.1 Å². The van der Waals surface area contributed by atoms with Gasteiger partial charge in [-0.1, -0.05) is 25.7 Å². The lowest BCUT2D eigenvalue weighted by Crippen LogP contribution is -2.47. The van der Waals surface area contributed by atoms with E-state index in [0.717, 1.165) is 24.6 Å². The topological polar surface area (TPSA) is 24.1 Å². The van der Waals surface area contributed by atoms with Gasteiger partial charge in [0.15, 0.2) is 0 Å². The highest BCUT2D eigenvalue weighted by Gasteiger charge is 2.36. The highest BCUT2D eigenvalue weighted by atomic mass is 19.4. The second-order valence-corrected chi connectivity index (χ2v) is 5.93. The standard InChI is InChI=1S/C15H19F3N2/c16-15(17,18)11-5-6-12-13(9-11)19-10-14(20-12)7-3-1-2-4-8-14/h5-6,9,19-20H,1-4,7-8,10H2. The Morgan fingerprint density at radius 3 is 2.30 bits per heavy atom. The lowest BCUT2D eigenvalue weighted by Gasteiger charge is -2.40. The molecular formula is C15H19F3N2. The molecule has 0 amide bonds. The zero-order valence-electron chi connectivity index (χ0n) is 11.3. The van der Waals surface area contributed by atoms with E-state index in [9.17, 15) is 13.2 Å². The van der Waals surface area contributed by atoms with Crippen LogP contribution in [0.25, 0.3) is 0 Å². The van der Waals surface area contributed by atoms with Crippen molar-refractivity contribution in [3.8, 4) is 0 Å². The maximum absolute atomic E-state index is 12.7. The van der Waals surface area contributed by atoms with Crippen molar-refractivity contribution in [1.82, 2.24) is 0 Å². The Kier molecular flexibility index (Phi) is 3.30. The monoisotopic (exact) mass is 284 g/mol. The Morgan fingerprint density at radius 1 is 0.950 bits per heavy atom. The number of benzene rings is 1. The van der Waals surface area contributed by atoms with Crippen molar-refractivity contribution < 1.29 is 13.2 Å². The van der Waals surface area contributed by atoms with Crippen molar-refractivity contribution in [2.24, 2.45) is 0 Å². The first-order valence-corrected chi connectivity index (χ1v) is 7.22. The summed E-state index contributed by atoms with van der Waals surface area (Å²) < 4.78 is 38.1. The summed E-state index contributed by atoms with van der Waals surface area (Å²) in [6.07, 6.45) is 2.76. The van der Waals surface area contributed by atoms with Crippen LogP contribution >= 0.6 is 0 Å². The third-order valence-electron chi connectivity index (χ3n) is 4.42. The van der Waals surface area contributed by atoms with E-state index in [0.29, 0.717) is 12.2 Å². The minimum absolute atomic E-state index is 0.0171. The summed E-state index contributed by atoms with van der Waals surface area (Å²) in [5.74, 6) is 0. The van der Waals surface area contributed by atoms with Crippen molar-refractivity contribution in [3.63, 3.8) is 0 Å². The highest BCUT2D eigenvalue weighted by Crippen LogP contribution is 2.40. The summed E-state index contributed by atoms with van der Waals surface area (Å²) in [6, 6.07) is 3.91. The van der Waals surface area contributed by atoms with Crippen LogP contribution in [0.15, 0.2) is 18.2 Å². The Labute approximate surface area is 116 Å². The van der Waals surface area contributed by atoms with Crippen molar-refractivity contribution in [2.45, 2.75) is 50.2 Å². The molecule has 1 aromatic rings. The summed E-state index contributed by atoms with van der Waals surface area (Å²) in [5.41, 5.74) is 0.784. The molecule has 1 aliphatic carbocycles. The maximum atomic E-state index is 12.7. The number of nitrogens with one attached hydrogen (secondary N) is 2. The molecule has 0 bridgehead atoms. The first-order chi connectivity index (χ1) is 9.49. The maximum Gasteiger partial charge on any atom is 0.416 e.